The summed E-state index contributed by atoms with van der Waals surface area (Å²) in [6.07, 6.45) is 14.7. The third-order valence-corrected chi connectivity index (χ3v) is 26.0. The van der Waals surface area contributed by atoms with Crippen LogP contribution in [0.1, 0.15) is 124 Å². The first-order valence-corrected chi connectivity index (χ1v) is 42.8. The summed E-state index contributed by atoms with van der Waals surface area (Å²) < 4.78 is 104. The summed E-state index contributed by atoms with van der Waals surface area (Å²) in [7, 11) is -10.6. The Morgan fingerprint density at radius 3 is 1.23 bits per heavy atom. The summed E-state index contributed by atoms with van der Waals surface area (Å²) in [5, 5.41) is 1.08. The molecule has 0 bridgehead atoms. The molecule has 3 aliphatic heterocycles. The lowest BCUT2D eigenvalue weighted by molar-refractivity contribution is 0.139. The third-order valence-electron chi connectivity index (χ3n) is 20.4. The Morgan fingerprint density at radius 2 is 0.825 bits per heavy atom. The Bertz CT molecular complexity index is 4190. The Balaban J connectivity index is 0.000000155. The van der Waals surface area contributed by atoms with Gasteiger partial charge in [0.2, 0.25) is 30.1 Å². The van der Waals surface area contributed by atoms with E-state index in [9.17, 15) is 25.3 Å². The molecule has 5 aromatic carbocycles. The molecule has 103 heavy (non-hydrogen) atoms. The van der Waals surface area contributed by atoms with Gasteiger partial charge in [-0.2, -0.15) is 0 Å². The maximum absolute atomic E-state index is 13.2. The van der Waals surface area contributed by atoms with E-state index < -0.39 is 30.1 Å². The van der Waals surface area contributed by atoms with Gasteiger partial charge in [-0.15, -0.1) is 0 Å². The van der Waals surface area contributed by atoms with Gasteiger partial charge in [-0.25, -0.2) is 44.4 Å². The fourth-order valence-electron chi connectivity index (χ4n) is 15.4. The number of anilines is 3. The highest BCUT2D eigenvalue weighted by Gasteiger charge is 2.35. The number of para-hydroxylation sites is 7. The van der Waals surface area contributed by atoms with Crippen molar-refractivity contribution in [1.82, 2.24) is 38.8 Å². The molecule has 25 heteroatoms. The van der Waals surface area contributed by atoms with Crippen molar-refractivity contribution < 1.29 is 39.5 Å². The van der Waals surface area contributed by atoms with Gasteiger partial charge in [0.25, 0.3) is 0 Å². The standard InChI is InChI=1S/C28H36N4O3S.C26H37N3O3S.C24H32BrClN4O3S/c1-21(2)35-26-10-4-3-9-25(26)32-19-17-31(18-20-32)24-14-12-23(13-15-24)30-36(33,34)27-11-5-7-22-8-6-16-29-28(22)27;1-21(2)32-26-11-7-6-10-25(26)29-18-16-28(17-19-29)24-14-12-23(13-15-24)27-33(30,31)20-22-8-4-3-5-9-22;1-17(2)33-23-6-4-3-5-22(23)30-13-11-29(12-14-30)19-9-7-18(8-10-19)28-34(31,32)20-15-21(25)24(26)27-16-20/h3-11,16,21,23-24,30H,12-15,17-20H2,1-2H3;3-11,21,23-24,27H,12-20H2,1-2H3;3-6,15-19,28H,7-14H2,1-2H3. The maximum atomic E-state index is 13.2. The Labute approximate surface area is 625 Å². The first-order valence-electron chi connectivity index (χ1n) is 37.0. The van der Waals surface area contributed by atoms with Crippen LogP contribution in [0, 0.1) is 0 Å². The average Bonchev–Trinajstić information content (AvgIpc) is 0.844. The summed E-state index contributed by atoms with van der Waals surface area (Å²) in [5.41, 5.74) is 4.88. The van der Waals surface area contributed by atoms with E-state index in [4.69, 9.17) is 25.8 Å². The zero-order valence-corrected chi connectivity index (χ0v) is 65.3. The summed E-state index contributed by atoms with van der Waals surface area (Å²) in [6, 6.07) is 46.3. The van der Waals surface area contributed by atoms with E-state index in [1.165, 1.54) is 23.6 Å². The van der Waals surface area contributed by atoms with Gasteiger partial charge in [0, 0.05) is 133 Å². The second-order valence-corrected chi connectivity index (χ2v) is 35.2. The highest BCUT2D eigenvalue weighted by atomic mass is 79.9. The molecular formula is C78H105BrClN11O9S3. The monoisotopic (exact) mass is 1550 g/mol. The molecule has 3 aliphatic carbocycles. The number of ether oxygens (including phenoxy) is 3. The van der Waals surface area contributed by atoms with Crippen molar-refractivity contribution in [2.75, 3.05) is 93.2 Å². The molecule has 558 valence electrons. The van der Waals surface area contributed by atoms with Gasteiger partial charge in [-0.05, 0) is 195 Å². The Hall–Kier alpha value is -6.16. The van der Waals surface area contributed by atoms with Crippen molar-refractivity contribution in [3.05, 3.63) is 167 Å². The highest BCUT2D eigenvalue weighted by molar-refractivity contribution is 9.10. The number of aromatic nitrogens is 2. The molecule has 0 amide bonds. The quantitative estimate of drug-likeness (QED) is 0.0539. The molecule has 5 heterocycles. The number of halogens is 2. The summed E-state index contributed by atoms with van der Waals surface area (Å²) in [6.45, 7) is 24.3. The van der Waals surface area contributed by atoms with Gasteiger partial charge >= 0.3 is 0 Å². The molecule has 3 saturated heterocycles. The van der Waals surface area contributed by atoms with E-state index in [0.717, 1.165) is 189 Å². The molecule has 20 nitrogen and oxygen atoms in total. The van der Waals surface area contributed by atoms with Crippen molar-refractivity contribution in [2.45, 2.75) is 189 Å². The molecule has 7 aromatic rings. The smallest absolute Gasteiger partial charge is 0.242 e. The zero-order valence-electron chi connectivity index (χ0n) is 60.5. The number of nitrogens with zero attached hydrogens (tertiary/aromatic N) is 8. The molecule has 6 aliphatic rings. The van der Waals surface area contributed by atoms with E-state index in [2.05, 4.69) is 160 Å². The number of hydrogen-bond acceptors (Lipinski definition) is 17. The van der Waals surface area contributed by atoms with Crippen molar-refractivity contribution in [3.63, 3.8) is 0 Å². The topological polar surface area (TPSA) is 211 Å². The maximum Gasteiger partial charge on any atom is 0.242 e. The molecular weight excluding hydrogens is 1450 g/mol. The SMILES string of the molecule is CC(C)Oc1ccccc1N1CCN(C2CCC(NS(=O)(=O)Cc3ccccc3)CC2)CC1.CC(C)Oc1ccccc1N1CCN(C2CCC(NS(=O)(=O)c3cccc4cccnc34)CC2)CC1.CC(C)Oc1ccccc1N1CCN(C2CCC(NS(=O)(=O)c3cnc(Cl)c(Br)c3)CC2)CC1. The van der Waals surface area contributed by atoms with E-state index in [-0.39, 0.29) is 57.1 Å². The molecule has 0 unspecified atom stereocenters. The van der Waals surface area contributed by atoms with E-state index >= 15 is 0 Å². The molecule has 6 fully saturated rings. The zero-order chi connectivity index (χ0) is 72.7. The van der Waals surface area contributed by atoms with Crippen molar-refractivity contribution in [2.24, 2.45) is 0 Å². The molecule has 13 rings (SSSR count). The normalized spacial score (nSPS) is 22.1. The van der Waals surface area contributed by atoms with Crippen LogP contribution in [0.4, 0.5) is 17.1 Å². The molecule has 3 N–H and O–H groups in total. The van der Waals surface area contributed by atoms with E-state index in [0.29, 0.717) is 28.1 Å². The van der Waals surface area contributed by atoms with Crippen LogP contribution in [0.25, 0.3) is 10.9 Å². The number of piperazine rings is 3. The Kier molecular flexibility index (Phi) is 27.6. The number of pyridine rings is 2. The first kappa shape index (κ1) is 77.9. The van der Waals surface area contributed by atoms with Crippen LogP contribution in [-0.4, -0.2) is 183 Å². The van der Waals surface area contributed by atoms with E-state index in [1.807, 2.05) is 72.8 Å². The van der Waals surface area contributed by atoms with Gasteiger partial charge in [0.1, 0.15) is 32.2 Å². The van der Waals surface area contributed by atoms with Gasteiger partial charge in [0.05, 0.1) is 51.1 Å². The van der Waals surface area contributed by atoms with Crippen LogP contribution in [0.5, 0.6) is 17.2 Å². The second kappa shape index (κ2) is 36.4. The van der Waals surface area contributed by atoms with Crippen molar-refractivity contribution >= 4 is 85.6 Å². The highest BCUT2D eigenvalue weighted by Crippen LogP contribution is 2.36. The van der Waals surface area contributed by atoms with Gasteiger partial charge in [0.15, 0.2) is 0 Å². The van der Waals surface area contributed by atoms with E-state index in [1.54, 1.807) is 18.3 Å². The fourth-order valence-corrected chi connectivity index (χ4v) is 20.2. The minimum atomic E-state index is -3.63. The van der Waals surface area contributed by atoms with Crippen LogP contribution in [0.15, 0.2) is 166 Å². The number of fused-ring (bicyclic) bond motifs is 1. The molecule has 2 aromatic heterocycles. The molecule has 0 atom stereocenters. The molecule has 0 radical (unpaired) electrons. The van der Waals surface area contributed by atoms with Gasteiger partial charge in [-0.1, -0.05) is 96.5 Å². The summed E-state index contributed by atoms with van der Waals surface area (Å²) >= 11 is 9.14. The number of hydrogen-bond donors (Lipinski definition) is 3. The molecule has 3 saturated carbocycles. The number of rotatable bonds is 22. The summed E-state index contributed by atoms with van der Waals surface area (Å²) in [5.74, 6) is 2.92. The minimum absolute atomic E-state index is 0.0356. The minimum Gasteiger partial charge on any atom is -0.489 e. The van der Waals surface area contributed by atoms with Gasteiger partial charge < -0.3 is 28.9 Å². The molecule has 0 spiro atoms. The van der Waals surface area contributed by atoms with Crippen LogP contribution in [0.2, 0.25) is 5.15 Å². The lowest BCUT2D eigenvalue weighted by Gasteiger charge is -2.43. The summed E-state index contributed by atoms with van der Waals surface area (Å²) in [4.78, 5) is 23.7. The fraction of sp³-hybridized carbons (Fsp3) is 0.513. The number of benzene rings is 5. The lowest BCUT2D eigenvalue weighted by Crippen LogP contribution is -2.52. The van der Waals surface area contributed by atoms with Crippen molar-refractivity contribution in [3.8, 4) is 17.2 Å². The third kappa shape index (κ3) is 21.8. The number of sulfonamides is 3. The van der Waals surface area contributed by atoms with Gasteiger partial charge in [-0.3, -0.25) is 19.7 Å². The van der Waals surface area contributed by atoms with Crippen LogP contribution in [0.3, 0.4) is 0 Å². The van der Waals surface area contributed by atoms with Crippen LogP contribution in [-0.2, 0) is 35.8 Å². The van der Waals surface area contributed by atoms with Crippen LogP contribution < -0.4 is 43.1 Å². The van der Waals surface area contributed by atoms with Crippen LogP contribution >= 0.6 is 27.5 Å². The lowest BCUT2D eigenvalue weighted by atomic mass is 9.90. The predicted molar refractivity (Wildman–Crippen MR) is 418 cm³/mol. The predicted octanol–water partition coefficient (Wildman–Crippen LogP) is 13.2. The number of nitrogens with one attached hydrogen (secondary N) is 3. The first-order chi connectivity index (χ1) is 49.5. The average molecular weight is 1550 g/mol. The Morgan fingerprint density at radius 1 is 0.447 bits per heavy atom. The largest absolute Gasteiger partial charge is 0.489 e. The second-order valence-electron chi connectivity index (χ2n) is 28.9. The van der Waals surface area contributed by atoms with Crippen molar-refractivity contribution in [1.29, 1.82) is 0 Å².